The number of nitrogens with zero attached hydrogens (tertiary/aromatic N) is 5. The molecule has 1 aliphatic heterocycles. The smallest absolute Gasteiger partial charge is 0.335 e. The van der Waals surface area contributed by atoms with Crippen LogP contribution in [0.1, 0.15) is 22.8 Å². The van der Waals surface area contributed by atoms with Crippen LogP contribution in [0.2, 0.25) is 0 Å². The average molecular weight is 444 g/mol. The van der Waals surface area contributed by atoms with Gasteiger partial charge < -0.3 is 15.1 Å². The Hall–Kier alpha value is -3.51. The molecule has 0 unspecified atom stereocenters. The van der Waals surface area contributed by atoms with Crippen molar-refractivity contribution in [3.63, 3.8) is 0 Å². The topological polar surface area (TPSA) is 151 Å². The number of tetrazole rings is 1. The number of β-amino-alcohol motifs (C(OH)–C–C–N with tert-alkyl or cyclic N) is 1. The number of hydrogen-bond donors (Lipinski definition) is 3. The molecule has 0 bridgehead atoms. The molecule has 1 aromatic heterocycles. The fraction of sp³-hybridized carbons (Fsp3) is 0.263. The molecule has 1 saturated heterocycles. The van der Waals surface area contributed by atoms with Crippen molar-refractivity contribution >= 4 is 27.4 Å². The molecule has 12 heteroatoms. The zero-order chi connectivity index (χ0) is 22.2. The van der Waals surface area contributed by atoms with Gasteiger partial charge in [0.15, 0.2) is 0 Å². The number of carboxylic acid groups (broad SMARTS) is 1. The van der Waals surface area contributed by atoms with Crippen LogP contribution in [0.3, 0.4) is 0 Å². The van der Waals surface area contributed by atoms with Crippen LogP contribution in [0.4, 0.5) is 11.4 Å². The average Bonchev–Trinajstić information content (AvgIpc) is 3.26. The Kier molecular flexibility index (Phi) is 5.33. The molecule has 2 aromatic carbocycles. The minimum atomic E-state index is -4.11. The maximum atomic E-state index is 13.3. The van der Waals surface area contributed by atoms with Crippen molar-refractivity contribution in [2.45, 2.75) is 24.3 Å². The lowest BCUT2D eigenvalue weighted by Gasteiger charge is -2.39. The molecule has 0 aliphatic carbocycles. The molecule has 0 amide bonds. The first-order valence-corrected chi connectivity index (χ1v) is 11.0. The second kappa shape index (κ2) is 7.96. The summed E-state index contributed by atoms with van der Waals surface area (Å²) < 4.78 is 30.5. The van der Waals surface area contributed by atoms with E-state index in [1.54, 1.807) is 25.1 Å². The summed E-state index contributed by atoms with van der Waals surface area (Å²) in [5.41, 5.74) is 1.75. The van der Waals surface area contributed by atoms with Crippen molar-refractivity contribution in [3.05, 3.63) is 53.9 Å². The molecule has 0 radical (unpaired) electrons. The van der Waals surface area contributed by atoms with E-state index in [9.17, 15) is 23.4 Å². The summed E-state index contributed by atoms with van der Waals surface area (Å²) in [7, 11) is -4.11. The van der Waals surface area contributed by atoms with Crippen LogP contribution in [0.15, 0.2) is 47.6 Å². The molecular formula is C19H20N6O5S. The van der Waals surface area contributed by atoms with Crippen LogP contribution < -0.4 is 9.62 Å². The van der Waals surface area contributed by atoms with E-state index in [1.165, 1.54) is 23.1 Å². The van der Waals surface area contributed by atoms with Crippen molar-refractivity contribution in [1.29, 1.82) is 0 Å². The summed E-state index contributed by atoms with van der Waals surface area (Å²) >= 11 is 0. The van der Waals surface area contributed by atoms with E-state index in [4.69, 9.17) is 0 Å². The standard InChI is InChI=1S/C19H20N6O5S/c1-2-12-3-4-13(19(27)28)7-18(12)31(29,30)21-16-8-14(25-11-20-22-23-25)5-6-17(16)24-9-15(26)10-24/h3-8,11,15,21,26H,2,9-10H2,1H3,(H,27,28). The van der Waals surface area contributed by atoms with Gasteiger partial charge in [-0.1, -0.05) is 13.0 Å². The minimum Gasteiger partial charge on any atom is -0.478 e. The number of rotatable bonds is 7. The second-order valence-electron chi connectivity index (χ2n) is 7.10. The first kappa shape index (κ1) is 20.8. The molecule has 162 valence electrons. The van der Waals surface area contributed by atoms with Crippen molar-refractivity contribution < 1.29 is 23.4 Å². The summed E-state index contributed by atoms with van der Waals surface area (Å²) in [5.74, 6) is -1.21. The lowest BCUT2D eigenvalue weighted by molar-refractivity contribution is 0.0696. The first-order valence-electron chi connectivity index (χ1n) is 9.48. The van der Waals surface area contributed by atoms with E-state index >= 15 is 0 Å². The number of carbonyl (C=O) groups is 1. The van der Waals surface area contributed by atoms with Gasteiger partial charge in [0, 0.05) is 13.1 Å². The van der Waals surface area contributed by atoms with E-state index in [-0.39, 0.29) is 16.1 Å². The van der Waals surface area contributed by atoms with Gasteiger partial charge in [-0.15, -0.1) is 5.10 Å². The summed E-state index contributed by atoms with van der Waals surface area (Å²) in [6, 6.07) is 9.07. The van der Waals surface area contributed by atoms with E-state index in [1.807, 2.05) is 4.90 Å². The maximum absolute atomic E-state index is 13.3. The lowest BCUT2D eigenvalue weighted by atomic mass is 10.1. The van der Waals surface area contributed by atoms with Crippen molar-refractivity contribution in [2.24, 2.45) is 0 Å². The highest BCUT2D eigenvalue weighted by atomic mass is 32.2. The van der Waals surface area contributed by atoms with Crippen molar-refractivity contribution in [1.82, 2.24) is 20.2 Å². The molecule has 0 atom stereocenters. The minimum absolute atomic E-state index is 0.0997. The van der Waals surface area contributed by atoms with Gasteiger partial charge in [0.1, 0.15) is 6.33 Å². The Labute approximate surface area is 178 Å². The highest BCUT2D eigenvalue weighted by molar-refractivity contribution is 7.92. The van der Waals surface area contributed by atoms with E-state index in [0.717, 1.165) is 6.07 Å². The zero-order valence-corrected chi connectivity index (χ0v) is 17.3. The Morgan fingerprint density at radius 3 is 2.61 bits per heavy atom. The van der Waals surface area contributed by atoms with Crippen LogP contribution in [-0.2, 0) is 16.4 Å². The third kappa shape index (κ3) is 4.07. The normalized spacial score (nSPS) is 14.3. The molecule has 3 aromatic rings. The molecule has 3 N–H and O–H groups in total. The van der Waals surface area contributed by atoms with E-state index < -0.39 is 22.1 Å². The van der Waals surface area contributed by atoms with Gasteiger partial charge in [0.05, 0.1) is 33.6 Å². The number of benzene rings is 2. The number of aliphatic hydroxyl groups is 1. The number of aryl methyl sites for hydroxylation is 1. The lowest BCUT2D eigenvalue weighted by Crippen LogP contribution is -2.51. The molecule has 0 spiro atoms. The molecule has 31 heavy (non-hydrogen) atoms. The number of nitrogens with one attached hydrogen (secondary N) is 1. The highest BCUT2D eigenvalue weighted by Crippen LogP contribution is 2.34. The highest BCUT2D eigenvalue weighted by Gasteiger charge is 2.29. The third-order valence-electron chi connectivity index (χ3n) is 5.03. The summed E-state index contributed by atoms with van der Waals surface area (Å²) in [6.45, 7) is 2.53. The van der Waals surface area contributed by atoms with Crippen LogP contribution in [-0.4, -0.2) is 64.0 Å². The largest absolute Gasteiger partial charge is 0.478 e. The zero-order valence-electron chi connectivity index (χ0n) is 16.5. The maximum Gasteiger partial charge on any atom is 0.335 e. The molecule has 0 saturated carbocycles. The van der Waals surface area contributed by atoms with Gasteiger partial charge in [-0.05, 0) is 52.7 Å². The Balaban J connectivity index is 1.77. The Morgan fingerprint density at radius 1 is 1.23 bits per heavy atom. The van der Waals surface area contributed by atoms with Gasteiger partial charge >= 0.3 is 5.97 Å². The number of aromatic nitrogens is 4. The van der Waals surface area contributed by atoms with Gasteiger partial charge in [0.25, 0.3) is 10.0 Å². The Bertz CT molecular complexity index is 1220. The predicted molar refractivity (Wildman–Crippen MR) is 111 cm³/mol. The molecule has 1 fully saturated rings. The number of aliphatic hydroxyl groups excluding tert-OH is 1. The molecular weight excluding hydrogens is 424 g/mol. The molecule has 1 aliphatic rings. The quantitative estimate of drug-likeness (QED) is 0.483. The van der Waals surface area contributed by atoms with Gasteiger partial charge in [-0.3, -0.25) is 4.72 Å². The summed E-state index contributed by atoms with van der Waals surface area (Å²) in [4.78, 5) is 13.1. The number of anilines is 2. The van der Waals surface area contributed by atoms with Gasteiger partial charge in [0.2, 0.25) is 0 Å². The van der Waals surface area contributed by atoms with E-state index in [0.29, 0.717) is 36.4 Å². The van der Waals surface area contributed by atoms with Crippen LogP contribution in [0.25, 0.3) is 5.69 Å². The molecule has 2 heterocycles. The number of sulfonamides is 1. The Morgan fingerprint density at radius 2 is 2.00 bits per heavy atom. The van der Waals surface area contributed by atoms with Gasteiger partial charge in [-0.25, -0.2) is 17.9 Å². The number of hydrogen-bond acceptors (Lipinski definition) is 8. The monoisotopic (exact) mass is 444 g/mol. The van der Waals surface area contributed by atoms with Crippen molar-refractivity contribution in [3.8, 4) is 5.69 Å². The fourth-order valence-corrected chi connectivity index (χ4v) is 4.79. The SMILES string of the molecule is CCc1ccc(C(=O)O)cc1S(=O)(=O)Nc1cc(-n2cnnn2)ccc1N1CC(O)C1. The third-order valence-corrected chi connectivity index (χ3v) is 6.47. The number of aromatic carboxylic acids is 1. The summed E-state index contributed by atoms with van der Waals surface area (Å²) in [6.07, 6.45) is 1.31. The second-order valence-corrected chi connectivity index (χ2v) is 8.75. The fourth-order valence-electron chi connectivity index (χ4n) is 3.39. The van der Waals surface area contributed by atoms with Crippen molar-refractivity contribution in [2.75, 3.05) is 22.7 Å². The molecule has 11 nitrogen and oxygen atoms in total. The van der Waals surface area contributed by atoms with E-state index in [2.05, 4.69) is 20.2 Å². The number of carboxylic acids is 1. The van der Waals surface area contributed by atoms with Gasteiger partial charge in [-0.2, -0.15) is 0 Å². The summed E-state index contributed by atoms with van der Waals surface area (Å²) in [5, 5.41) is 30.0. The first-order chi connectivity index (χ1) is 14.8. The van der Waals surface area contributed by atoms with Crippen LogP contribution >= 0.6 is 0 Å². The molecule has 4 rings (SSSR count). The van der Waals surface area contributed by atoms with Crippen LogP contribution in [0.5, 0.6) is 0 Å². The predicted octanol–water partition coefficient (Wildman–Crippen LogP) is 0.905. The van der Waals surface area contributed by atoms with Crippen LogP contribution in [0, 0.1) is 0 Å².